The largest absolute Gasteiger partial charge is 0.497 e. The van der Waals surface area contributed by atoms with Crippen LogP contribution in [0.4, 0.5) is 5.69 Å². The normalized spacial score (nSPS) is 19.8. The third kappa shape index (κ3) is 3.72. The molecule has 1 aliphatic rings. The minimum atomic E-state index is -0.485. The Morgan fingerprint density at radius 1 is 1.29 bits per heavy atom. The molecule has 114 valence electrons. The molecule has 1 aromatic rings. The molecule has 0 aromatic heterocycles. The molecular formula is C15H19NO5. The summed E-state index contributed by atoms with van der Waals surface area (Å²) < 4.78 is 15.2. The highest BCUT2D eigenvalue weighted by atomic mass is 16.6. The van der Waals surface area contributed by atoms with Crippen LogP contribution in [-0.4, -0.2) is 44.3 Å². The molecule has 0 radical (unpaired) electrons. The molecule has 1 amide bonds. The van der Waals surface area contributed by atoms with Crippen molar-refractivity contribution in [2.24, 2.45) is 0 Å². The Bertz CT molecular complexity index is 513. The van der Waals surface area contributed by atoms with Gasteiger partial charge in [-0.05, 0) is 38.1 Å². The fourth-order valence-electron chi connectivity index (χ4n) is 1.99. The second-order valence-corrected chi connectivity index (χ2v) is 4.69. The van der Waals surface area contributed by atoms with Gasteiger partial charge in [-0.15, -0.1) is 0 Å². The first-order valence-electron chi connectivity index (χ1n) is 6.83. The molecule has 6 heteroatoms. The van der Waals surface area contributed by atoms with Gasteiger partial charge < -0.3 is 14.2 Å². The van der Waals surface area contributed by atoms with Crippen LogP contribution < -0.4 is 9.64 Å². The fraction of sp³-hybridized carbons (Fsp3) is 0.467. The number of carbonyl (C=O) groups is 2. The van der Waals surface area contributed by atoms with Gasteiger partial charge in [0.15, 0.2) is 6.10 Å². The minimum absolute atomic E-state index is 0.111. The van der Waals surface area contributed by atoms with Crippen molar-refractivity contribution < 1.29 is 23.8 Å². The van der Waals surface area contributed by atoms with E-state index < -0.39 is 12.1 Å². The third-order valence-electron chi connectivity index (χ3n) is 3.20. The van der Waals surface area contributed by atoms with Crippen LogP contribution in [-0.2, 0) is 19.1 Å². The SMILES string of the molecule is CCOC(=O)CN(C(=O)[C@@H]1O[C@H]1C)c1ccc(OC)cc1. The second kappa shape index (κ2) is 6.58. The molecule has 0 bridgehead atoms. The highest BCUT2D eigenvalue weighted by molar-refractivity contribution is 6.01. The number of methoxy groups -OCH3 is 1. The monoisotopic (exact) mass is 293 g/mol. The van der Waals surface area contributed by atoms with E-state index in [-0.39, 0.29) is 25.2 Å². The summed E-state index contributed by atoms with van der Waals surface area (Å²) in [6.07, 6.45) is -0.595. The molecule has 1 aliphatic heterocycles. The summed E-state index contributed by atoms with van der Waals surface area (Å²) in [6, 6.07) is 6.92. The molecule has 2 atom stereocenters. The van der Waals surface area contributed by atoms with Crippen molar-refractivity contribution in [1.82, 2.24) is 0 Å². The fourth-order valence-corrected chi connectivity index (χ4v) is 1.99. The number of nitrogens with zero attached hydrogens (tertiary/aromatic N) is 1. The lowest BCUT2D eigenvalue weighted by atomic mass is 10.2. The summed E-state index contributed by atoms with van der Waals surface area (Å²) in [5.41, 5.74) is 0.608. The number of anilines is 1. The van der Waals surface area contributed by atoms with E-state index in [1.165, 1.54) is 4.90 Å². The molecule has 0 aliphatic carbocycles. The van der Waals surface area contributed by atoms with Gasteiger partial charge in [0, 0.05) is 5.69 Å². The number of hydrogen-bond donors (Lipinski definition) is 0. The second-order valence-electron chi connectivity index (χ2n) is 4.69. The maximum Gasteiger partial charge on any atom is 0.326 e. The van der Waals surface area contributed by atoms with E-state index in [1.807, 2.05) is 6.92 Å². The summed E-state index contributed by atoms with van der Waals surface area (Å²) in [6.45, 7) is 3.69. The Labute approximate surface area is 123 Å². The average molecular weight is 293 g/mol. The minimum Gasteiger partial charge on any atom is -0.497 e. The van der Waals surface area contributed by atoms with E-state index in [0.717, 1.165) is 0 Å². The summed E-state index contributed by atoms with van der Waals surface area (Å²) in [5, 5.41) is 0. The lowest BCUT2D eigenvalue weighted by Crippen LogP contribution is -2.39. The average Bonchev–Trinajstić information content (AvgIpc) is 3.21. The van der Waals surface area contributed by atoms with E-state index >= 15 is 0 Å². The summed E-state index contributed by atoms with van der Waals surface area (Å²) in [4.78, 5) is 25.5. The molecule has 1 aromatic carbocycles. The molecule has 1 fully saturated rings. The van der Waals surface area contributed by atoms with Crippen molar-refractivity contribution in [2.45, 2.75) is 26.1 Å². The molecular weight excluding hydrogens is 274 g/mol. The number of benzene rings is 1. The van der Waals surface area contributed by atoms with Gasteiger partial charge in [-0.1, -0.05) is 0 Å². The van der Waals surface area contributed by atoms with Crippen molar-refractivity contribution in [3.63, 3.8) is 0 Å². The zero-order valence-corrected chi connectivity index (χ0v) is 12.4. The Hall–Kier alpha value is -2.08. The van der Waals surface area contributed by atoms with Crippen molar-refractivity contribution in [3.8, 4) is 5.75 Å². The van der Waals surface area contributed by atoms with Crippen LogP contribution in [0, 0.1) is 0 Å². The van der Waals surface area contributed by atoms with Crippen molar-refractivity contribution >= 4 is 17.6 Å². The zero-order valence-electron chi connectivity index (χ0n) is 12.4. The summed E-state index contributed by atoms with van der Waals surface area (Å²) in [7, 11) is 1.57. The predicted molar refractivity (Wildman–Crippen MR) is 76.3 cm³/mol. The van der Waals surface area contributed by atoms with Gasteiger partial charge in [0.25, 0.3) is 5.91 Å². The first kappa shape index (κ1) is 15.3. The van der Waals surface area contributed by atoms with Crippen molar-refractivity contribution in [3.05, 3.63) is 24.3 Å². The number of rotatable bonds is 6. The van der Waals surface area contributed by atoms with Gasteiger partial charge in [-0.3, -0.25) is 14.5 Å². The molecule has 0 spiro atoms. The quantitative estimate of drug-likeness (QED) is 0.585. The van der Waals surface area contributed by atoms with Crippen molar-refractivity contribution in [2.75, 3.05) is 25.2 Å². The van der Waals surface area contributed by atoms with E-state index in [4.69, 9.17) is 14.2 Å². The standard InChI is InChI=1S/C15H19NO5/c1-4-20-13(17)9-16(15(18)14-10(2)21-14)11-5-7-12(19-3)8-6-11/h5-8,10,14H,4,9H2,1-3H3/t10-,14+/m0/s1. The van der Waals surface area contributed by atoms with Crippen LogP contribution in [0.1, 0.15) is 13.8 Å². The Kier molecular flexibility index (Phi) is 4.80. The van der Waals surface area contributed by atoms with Gasteiger partial charge in [0.1, 0.15) is 12.3 Å². The molecule has 21 heavy (non-hydrogen) atoms. The van der Waals surface area contributed by atoms with Crippen LogP contribution in [0.25, 0.3) is 0 Å². The first-order valence-corrected chi connectivity index (χ1v) is 6.83. The Morgan fingerprint density at radius 3 is 2.38 bits per heavy atom. The maximum absolute atomic E-state index is 12.4. The lowest BCUT2D eigenvalue weighted by Gasteiger charge is -2.21. The van der Waals surface area contributed by atoms with E-state index in [1.54, 1.807) is 38.3 Å². The van der Waals surface area contributed by atoms with E-state index in [0.29, 0.717) is 11.4 Å². The van der Waals surface area contributed by atoms with Gasteiger partial charge in [0.05, 0.1) is 19.8 Å². The Morgan fingerprint density at radius 2 is 1.90 bits per heavy atom. The number of amides is 1. The molecule has 0 saturated carbocycles. The van der Waals surface area contributed by atoms with Crippen molar-refractivity contribution in [1.29, 1.82) is 0 Å². The van der Waals surface area contributed by atoms with E-state index in [9.17, 15) is 9.59 Å². The highest BCUT2D eigenvalue weighted by Crippen LogP contribution is 2.27. The molecule has 1 saturated heterocycles. The third-order valence-corrected chi connectivity index (χ3v) is 3.20. The molecule has 1 heterocycles. The van der Waals surface area contributed by atoms with Crippen LogP contribution >= 0.6 is 0 Å². The summed E-state index contributed by atoms with van der Waals surface area (Å²) >= 11 is 0. The van der Waals surface area contributed by atoms with Crippen LogP contribution in [0.5, 0.6) is 5.75 Å². The van der Waals surface area contributed by atoms with Gasteiger partial charge in [-0.25, -0.2) is 0 Å². The topological polar surface area (TPSA) is 68.4 Å². The van der Waals surface area contributed by atoms with Gasteiger partial charge >= 0.3 is 5.97 Å². The number of carbonyl (C=O) groups excluding carboxylic acids is 2. The van der Waals surface area contributed by atoms with Crippen LogP contribution in [0.15, 0.2) is 24.3 Å². The molecule has 6 nitrogen and oxygen atoms in total. The number of esters is 1. The predicted octanol–water partition coefficient (Wildman–Crippen LogP) is 1.38. The van der Waals surface area contributed by atoms with Crippen LogP contribution in [0.2, 0.25) is 0 Å². The highest BCUT2D eigenvalue weighted by Gasteiger charge is 2.44. The van der Waals surface area contributed by atoms with Gasteiger partial charge in [-0.2, -0.15) is 0 Å². The maximum atomic E-state index is 12.4. The Balaban J connectivity index is 2.17. The first-order chi connectivity index (χ1) is 10.1. The number of epoxide rings is 1. The van der Waals surface area contributed by atoms with Gasteiger partial charge in [0.2, 0.25) is 0 Å². The zero-order chi connectivity index (χ0) is 15.4. The number of ether oxygens (including phenoxy) is 3. The molecule has 2 rings (SSSR count). The number of hydrogen-bond acceptors (Lipinski definition) is 5. The molecule has 0 N–H and O–H groups in total. The lowest BCUT2D eigenvalue weighted by molar-refractivity contribution is -0.142. The van der Waals surface area contributed by atoms with E-state index in [2.05, 4.69) is 0 Å². The van der Waals surface area contributed by atoms with Crippen LogP contribution in [0.3, 0.4) is 0 Å². The smallest absolute Gasteiger partial charge is 0.326 e. The molecule has 0 unspecified atom stereocenters. The summed E-state index contributed by atoms with van der Waals surface area (Å²) in [5.74, 6) is -0.00554.